The summed E-state index contributed by atoms with van der Waals surface area (Å²) in [5.74, 6) is -0.874. The van der Waals surface area contributed by atoms with Crippen molar-refractivity contribution in [3.63, 3.8) is 0 Å². The van der Waals surface area contributed by atoms with Gasteiger partial charge in [0, 0.05) is 5.69 Å². The Bertz CT molecular complexity index is 933. The zero-order valence-electron chi connectivity index (χ0n) is 14.2. The fraction of sp³-hybridized carbons (Fsp3) is 0.143. The molecule has 0 bridgehead atoms. The van der Waals surface area contributed by atoms with Crippen molar-refractivity contribution >= 4 is 28.3 Å². The molecule has 0 aliphatic heterocycles. The number of fused-ring (bicyclic) bond motifs is 1. The zero-order chi connectivity index (χ0) is 17.8. The number of nitrogens with one attached hydrogen (secondary N) is 1. The monoisotopic (exact) mass is 333 g/mol. The molecule has 0 fully saturated rings. The molecule has 4 nitrogen and oxygen atoms in total. The van der Waals surface area contributed by atoms with Crippen LogP contribution in [0.25, 0.3) is 10.8 Å². The van der Waals surface area contributed by atoms with Crippen molar-refractivity contribution in [2.24, 2.45) is 0 Å². The average molecular weight is 333 g/mol. The highest BCUT2D eigenvalue weighted by molar-refractivity contribution is 5.98. The number of benzene rings is 3. The molecule has 3 aromatic rings. The summed E-state index contributed by atoms with van der Waals surface area (Å²) in [6.45, 7) is 3.46. The molecule has 3 rings (SSSR count). The molecule has 0 heterocycles. The fourth-order valence-corrected chi connectivity index (χ4v) is 2.57. The highest BCUT2D eigenvalue weighted by Gasteiger charge is 2.19. The summed E-state index contributed by atoms with van der Waals surface area (Å²) < 4.78 is 5.26. The third-order valence-electron chi connectivity index (χ3n) is 3.92. The number of esters is 1. The van der Waals surface area contributed by atoms with E-state index in [1.54, 1.807) is 25.1 Å². The normalized spacial score (nSPS) is 11.8. The van der Waals surface area contributed by atoms with Crippen molar-refractivity contribution in [2.45, 2.75) is 20.0 Å². The minimum Gasteiger partial charge on any atom is -0.449 e. The van der Waals surface area contributed by atoms with Crippen molar-refractivity contribution in [1.29, 1.82) is 0 Å². The molecule has 0 saturated carbocycles. The van der Waals surface area contributed by atoms with Gasteiger partial charge in [0.15, 0.2) is 6.10 Å². The number of hydrogen-bond acceptors (Lipinski definition) is 3. The van der Waals surface area contributed by atoms with E-state index in [4.69, 9.17) is 4.74 Å². The molecule has 0 aliphatic rings. The van der Waals surface area contributed by atoms with Gasteiger partial charge < -0.3 is 10.1 Å². The molecule has 1 atom stereocenters. The Hall–Kier alpha value is -3.14. The van der Waals surface area contributed by atoms with E-state index in [2.05, 4.69) is 5.32 Å². The molecule has 25 heavy (non-hydrogen) atoms. The van der Waals surface area contributed by atoms with Gasteiger partial charge in [0.25, 0.3) is 5.91 Å². The van der Waals surface area contributed by atoms with E-state index in [0.29, 0.717) is 11.3 Å². The van der Waals surface area contributed by atoms with Crippen LogP contribution in [-0.2, 0) is 9.53 Å². The van der Waals surface area contributed by atoms with Gasteiger partial charge >= 0.3 is 5.97 Å². The molecule has 4 heteroatoms. The van der Waals surface area contributed by atoms with E-state index in [1.165, 1.54) is 0 Å². The highest BCUT2D eigenvalue weighted by Crippen LogP contribution is 2.19. The molecule has 1 amide bonds. The number of anilines is 1. The van der Waals surface area contributed by atoms with Crippen LogP contribution >= 0.6 is 0 Å². The van der Waals surface area contributed by atoms with Crippen LogP contribution in [-0.4, -0.2) is 18.0 Å². The fourth-order valence-electron chi connectivity index (χ4n) is 2.57. The maximum absolute atomic E-state index is 12.3. The summed E-state index contributed by atoms with van der Waals surface area (Å²) in [4.78, 5) is 24.4. The molecule has 0 unspecified atom stereocenters. The topological polar surface area (TPSA) is 55.4 Å². The first kappa shape index (κ1) is 16.7. The first-order valence-electron chi connectivity index (χ1n) is 8.10. The maximum Gasteiger partial charge on any atom is 0.338 e. The Morgan fingerprint density at radius 1 is 0.920 bits per heavy atom. The molecule has 0 spiro atoms. The number of amides is 1. The third-order valence-corrected chi connectivity index (χ3v) is 3.92. The van der Waals surface area contributed by atoms with Crippen LogP contribution in [0.4, 0.5) is 5.69 Å². The van der Waals surface area contributed by atoms with Gasteiger partial charge in [0.2, 0.25) is 0 Å². The Kier molecular flexibility index (Phi) is 4.80. The summed E-state index contributed by atoms with van der Waals surface area (Å²) in [6, 6.07) is 20.6. The molecule has 0 radical (unpaired) electrons. The maximum atomic E-state index is 12.3. The van der Waals surface area contributed by atoms with Crippen molar-refractivity contribution in [3.8, 4) is 0 Å². The van der Waals surface area contributed by atoms with Gasteiger partial charge in [-0.25, -0.2) is 4.79 Å². The van der Waals surface area contributed by atoms with E-state index in [1.807, 2.05) is 55.5 Å². The van der Waals surface area contributed by atoms with Crippen LogP contribution in [0.1, 0.15) is 22.8 Å². The minimum absolute atomic E-state index is 0.365. The molecule has 3 aromatic carbocycles. The highest BCUT2D eigenvalue weighted by atomic mass is 16.5. The molecule has 0 aliphatic carbocycles. The number of carbonyl (C=O) groups is 2. The molecule has 1 N–H and O–H groups in total. The smallest absolute Gasteiger partial charge is 0.338 e. The lowest BCUT2D eigenvalue weighted by atomic mass is 10.1. The number of aryl methyl sites for hydroxylation is 1. The lowest BCUT2D eigenvalue weighted by Gasteiger charge is -2.14. The van der Waals surface area contributed by atoms with Crippen LogP contribution in [0.3, 0.4) is 0 Å². The SMILES string of the molecule is Cc1cccc(C(=O)O[C@@H](C)C(=O)Nc2ccc3ccccc3c2)c1. The number of carbonyl (C=O) groups excluding carboxylic acids is 2. The van der Waals surface area contributed by atoms with E-state index < -0.39 is 12.1 Å². The van der Waals surface area contributed by atoms with Gasteiger partial charge in [-0.05, 0) is 48.9 Å². The second kappa shape index (κ2) is 7.18. The van der Waals surface area contributed by atoms with Gasteiger partial charge in [-0.1, -0.05) is 48.0 Å². The Labute approximate surface area is 146 Å². The predicted octanol–water partition coefficient (Wildman–Crippen LogP) is 4.33. The molecule has 126 valence electrons. The lowest BCUT2D eigenvalue weighted by molar-refractivity contribution is -0.123. The lowest BCUT2D eigenvalue weighted by Crippen LogP contribution is -2.30. The summed E-state index contributed by atoms with van der Waals surface area (Å²) in [6.07, 6.45) is -0.889. The van der Waals surface area contributed by atoms with Crippen LogP contribution in [0, 0.1) is 6.92 Å². The van der Waals surface area contributed by atoms with E-state index in [9.17, 15) is 9.59 Å². The summed E-state index contributed by atoms with van der Waals surface area (Å²) >= 11 is 0. The van der Waals surface area contributed by atoms with Crippen molar-refractivity contribution in [1.82, 2.24) is 0 Å². The molecule has 0 saturated heterocycles. The average Bonchev–Trinajstić information content (AvgIpc) is 2.61. The van der Waals surface area contributed by atoms with Crippen LogP contribution in [0.5, 0.6) is 0 Å². The Morgan fingerprint density at radius 2 is 1.68 bits per heavy atom. The Balaban J connectivity index is 1.66. The number of hydrogen-bond donors (Lipinski definition) is 1. The minimum atomic E-state index is -0.889. The van der Waals surface area contributed by atoms with Crippen LogP contribution in [0.2, 0.25) is 0 Å². The van der Waals surface area contributed by atoms with Crippen molar-refractivity contribution in [3.05, 3.63) is 77.9 Å². The third kappa shape index (κ3) is 4.04. The molecular weight excluding hydrogens is 314 g/mol. The van der Waals surface area contributed by atoms with E-state index in [-0.39, 0.29) is 5.91 Å². The van der Waals surface area contributed by atoms with Crippen molar-refractivity contribution in [2.75, 3.05) is 5.32 Å². The summed E-state index contributed by atoms with van der Waals surface area (Å²) in [7, 11) is 0. The van der Waals surface area contributed by atoms with Gasteiger partial charge in [0.05, 0.1) is 5.56 Å². The first-order valence-corrected chi connectivity index (χ1v) is 8.10. The van der Waals surface area contributed by atoms with Crippen molar-refractivity contribution < 1.29 is 14.3 Å². The van der Waals surface area contributed by atoms with E-state index in [0.717, 1.165) is 16.3 Å². The standard InChI is InChI=1S/C21H19NO3/c1-14-6-5-9-18(12-14)21(24)25-15(2)20(23)22-19-11-10-16-7-3-4-8-17(16)13-19/h3-13,15H,1-2H3,(H,22,23)/t15-/m0/s1. The zero-order valence-corrected chi connectivity index (χ0v) is 14.2. The van der Waals surface area contributed by atoms with E-state index >= 15 is 0 Å². The predicted molar refractivity (Wildman–Crippen MR) is 98.6 cm³/mol. The molecular formula is C21H19NO3. The second-order valence-corrected chi connectivity index (χ2v) is 5.97. The van der Waals surface area contributed by atoms with Crippen LogP contribution in [0.15, 0.2) is 66.7 Å². The van der Waals surface area contributed by atoms with Crippen LogP contribution < -0.4 is 5.32 Å². The van der Waals surface area contributed by atoms with Gasteiger partial charge in [-0.3, -0.25) is 4.79 Å². The molecule has 0 aromatic heterocycles. The Morgan fingerprint density at radius 3 is 2.44 bits per heavy atom. The van der Waals surface area contributed by atoms with Gasteiger partial charge in [-0.15, -0.1) is 0 Å². The first-order chi connectivity index (χ1) is 12.0. The van der Waals surface area contributed by atoms with Gasteiger partial charge in [-0.2, -0.15) is 0 Å². The van der Waals surface area contributed by atoms with Gasteiger partial charge in [0.1, 0.15) is 0 Å². The second-order valence-electron chi connectivity index (χ2n) is 5.97. The largest absolute Gasteiger partial charge is 0.449 e. The number of rotatable bonds is 4. The quantitative estimate of drug-likeness (QED) is 0.723. The summed E-state index contributed by atoms with van der Waals surface area (Å²) in [5.41, 5.74) is 2.07. The summed E-state index contributed by atoms with van der Waals surface area (Å²) in [5, 5.41) is 4.91. The number of ether oxygens (including phenoxy) is 1.